The fourth-order valence-corrected chi connectivity index (χ4v) is 2.69. The van der Waals surface area contributed by atoms with E-state index in [4.69, 9.17) is 8.83 Å². The molecule has 0 saturated carbocycles. The first kappa shape index (κ1) is 15.6. The lowest BCUT2D eigenvalue weighted by atomic mass is 10.2. The van der Waals surface area contributed by atoms with E-state index in [0.717, 1.165) is 0 Å². The first-order valence-electron chi connectivity index (χ1n) is 7.32. The van der Waals surface area contributed by atoms with Crippen LogP contribution in [0.25, 0.3) is 22.6 Å². The molecule has 0 spiro atoms. The van der Waals surface area contributed by atoms with E-state index in [1.807, 2.05) is 0 Å². The van der Waals surface area contributed by atoms with Crippen LogP contribution >= 0.6 is 15.9 Å². The maximum atomic E-state index is 13.3. The van der Waals surface area contributed by atoms with E-state index in [0.29, 0.717) is 32.9 Å². The molecule has 2 aromatic carbocycles. The van der Waals surface area contributed by atoms with Crippen molar-refractivity contribution in [3.05, 3.63) is 70.8 Å². The molecule has 0 bridgehead atoms. The van der Waals surface area contributed by atoms with Crippen LogP contribution in [-0.2, 0) is 0 Å². The summed E-state index contributed by atoms with van der Waals surface area (Å²) in [5, 5.41) is 2.73. The Hall–Kier alpha value is -2.93. The molecule has 124 valence electrons. The maximum absolute atomic E-state index is 13.3. The second-order valence-corrected chi connectivity index (χ2v) is 6.05. The number of furan rings is 1. The SMILES string of the molecule is O=C(Nc1ccc2oc(-c3cccc(F)c3)nc2c1)c1ccc(Br)o1. The maximum Gasteiger partial charge on any atom is 0.291 e. The van der Waals surface area contributed by atoms with Crippen molar-refractivity contribution in [3.8, 4) is 11.5 Å². The lowest BCUT2D eigenvalue weighted by molar-refractivity contribution is 0.0995. The Morgan fingerprint density at radius 3 is 2.72 bits per heavy atom. The van der Waals surface area contributed by atoms with Crippen LogP contribution in [0.5, 0.6) is 0 Å². The first-order chi connectivity index (χ1) is 12.1. The second kappa shape index (κ2) is 6.18. The molecule has 0 aliphatic rings. The van der Waals surface area contributed by atoms with E-state index in [2.05, 4.69) is 26.2 Å². The Labute approximate surface area is 149 Å². The van der Waals surface area contributed by atoms with Crippen molar-refractivity contribution in [2.45, 2.75) is 0 Å². The van der Waals surface area contributed by atoms with Gasteiger partial charge in [-0.2, -0.15) is 0 Å². The molecule has 2 heterocycles. The van der Waals surface area contributed by atoms with Gasteiger partial charge in [0.25, 0.3) is 5.91 Å². The number of benzene rings is 2. The minimum absolute atomic E-state index is 0.188. The summed E-state index contributed by atoms with van der Waals surface area (Å²) in [6, 6.07) is 14.3. The van der Waals surface area contributed by atoms with E-state index in [1.54, 1.807) is 42.5 Å². The molecule has 1 amide bonds. The average Bonchev–Trinajstić information content (AvgIpc) is 3.20. The number of anilines is 1. The summed E-state index contributed by atoms with van der Waals surface area (Å²) in [5.41, 5.74) is 2.18. The number of nitrogens with zero attached hydrogens (tertiary/aromatic N) is 1. The Bertz CT molecular complexity index is 1090. The lowest BCUT2D eigenvalue weighted by Crippen LogP contribution is -2.10. The van der Waals surface area contributed by atoms with Crippen LogP contribution in [-0.4, -0.2) is 10.9 Å². The Kier molecular flexibility index (Phi) is 3.85. The molecule has 7 heteroatoms. The highest BCUT2D eigenvalue weighted by Crippen LogP contribution is 2.27. The third-order valence-corrected chi connectivity index (χ3v) is 3.94. The van der Waals surface area contributed by atoms with Gasteiger partial charge in [-0.05, 0) is 64.5 Å². The highest BCUT2D eigenvalue weighted by Gasteiger charge is 2.13. The van der Waals surface area contributed by atoms with Gasteiger partial charge < -0.3 is 14.2 Å². The van der Waals surface area contributed by atoms with E-state index >= 15 is 0 Å². The quantitative estimate of drug-likeness (QED) is 0.510. The topological polar surface area (TPSA) is 68.3 Å². The van der Waals surface area contributed by atoms with Gasteiger partial charge in [0.1, 0.15) is 11.3 Å². The smallest absolute Gasteiger partial charge is 0.291 e. The van der Waals surface area contributed by atoms with Crippen molar-refractivity contribution >= 4 is 38.6 Å². The van der Waals surface area contributed by atoms with Gasteiger partial charge in [-0.1, -0.05) is 6.07 Å². The van der Waals surface area contributed by atoms with Crippen LogP contribution < -0.4 is 5.32 Å². The third-order valence-electron chi connectivity index (χ3n) is 3.51. The van der Waals surface area contributed by atoms with Gasteiger partial charge >= 0.3 is 0 Å². The summed E-state index contributed by atoms with van der Waals surface area (Å²) in [7, 11) is 0. The molecule has 0 aliphatic carbocycles. The van der Waals surface area contributed by atoms with Gasteiger partial charge in [-0.15, -0.1) is 0 Å². The number of nitrogens with one attached hydrogen (secondary N) is 1. The van der Waals surface area contributed by atoms with Crippen LogP contribution in [0.3, 0.4) is 0 Å². The van der Waals surface area contributed by atoms with Crippen molar-refractivity contribution in [3.63, 3.8) is 0 Å². The predicted molar refractivity (Wildman–Crippen MR) is 93.8 cm³/mol. The zero-order valence-electron chi connectivity index (χ0n) is 12.6. The number of halogens is 2. The van der Waals surface area contributed by atoms with Crippen molar-refractivity contribution in [2.24, 2.45) is 0 Å². The molecule has 0 atom stereocenters. The standard InChI is InChI=1S/C18H10BrFN2O3/c19-16-7-6-15(24-16)17(23)21-12-4-5-14-13(9-12)22-18(25-14)10-2-1-3-11(20)8-10/h1-9H,(H,21,23). The molecule has 25 heavy (non-hydrogen) atoms. The van der Waals surface area contributed by atoms with Gasteiger partial charge in [0.05, 0.1) is 0 Å². The summed E-state index contributed by atoms with van der Waals surface area (Å²) in [5.74, 6) is -0.239. The van der Waals surface area contributed by atoms with Crippen molar-refractivity contribution in [1.29, 1.82) is 0 Å². The van der Waals surface area contributed by atoms with Crippen LogP contribution in [0.15, 0.2) is 68.1 Å². The Balaban J connectivity index is 1.63. The minimum Gasteiger partial charge on any atom is -0.444 e. The fraction of sp³-hybridized carbons (Fsp3) is 0. The number of oxazole rings is 1. The zero-order chi connectivity index (χ0) is 17.4. The number of carbonyl (C=O) groups is 1. The van der Waals surface area contributed by atoms with Gasteiger partial charge in [0.15, 0.2) is 16.0 Å². The number of hydrogen-bond acceptors (Lipinski definition) is 4. The summed E-state index contributed by atoms with van der Waals surface area (Å²) in [4.78, 5) is 16.5. The molecule has 0 aliphatic heterocycles. The molecule has 0 saturated heterocycles. The van der Waals surface area contributed by atoms with Crippen LogP contribution in [0, 0.1) is 5.82 Å². The molecular formula is C18H10BrFN2O3. The number of amides is 1. The second-order valence-electron chi connectivity index (χ2n) is 5.27. The highest BCUT2D eigenvalue weighted by molar-refractivity contribution is 9.10. The lowest BCUT2D eigenvalue weighted by Gasteiger charge is -2.02. The van der Waals surface area contributed by atoms with Gasteiger partial charge in [-0.25, -0.2) is 9.37 Å². The fourth-order valence-electron chi connectivity index (χ4n) is 2.38. The summed E-state index contributed by atoms with van der Waals surface area (Å²) in [6.07, 6.45) is 0. The van der Waals surface area contributed by atoms with E-state index in [-0.39, 0.29) is 17.5 Å². The number of hydrogen-bond donors (Lipinski definition) is 1. The highest BCUT2D eigenvalue weighted by atomic mass is 79.9. The van der Waals surface area contributed by atoms with Gasteiger partial charge in [-0.3, -0.25) is 4.79 Å². The molecule has 5 nitrogen and oxygen atoms in total. The van der Waals surface area contributed by atoms with Crippen molar-refractivity contribution in [1.82, 2.24) is 4.98 Å². The van der Waals surface area contributed by atoms with Gasteiger partial charge in [0, 0.05) is 11.3 Å². The summed E-state index contributed by atoms with van der Waals surface area (Å²) >= 11 is 3.15. The molecule has 4 rings (SSSR count). The monoisotopic (exact) mass is 400 g/mol. The minimum atomic E-state index is -0.376. The Morgan fingerprint density at radius 1 is 1.08 bits per heavy atom. The molecule has 1 N–H and O–H groups in total. The molecule has 0 radical (unpaired) electrons. The molecule has 0 fully saturated rings. The number of aromatic nitrogens is 1. The summed E-state index contributed by atoms with van der Waals surface area (Å²) in [6.45, 7) is 0. The molecule has 4 aromatic rings. The van der Waals surface area contributed by atoms with E-state index in [9.17, 15) is 9.18 Å². The number of carbonyl (C=O) groups excluding carboxylic acids is 1. The summed E-state index contributed by atoms with van der Waals surface area (Å²) < 4.78 is 24.7. The van der Waals surface area contributed by atoms with Crippen LogP contribution in [0.2, 0.25) is 0 Å². The molecule has 2 aromatic heterocycles. The average molecular weight is 401 g/mol. The van der Waals surface area contributed by atoms with Crippen LogP contribution in [0.1, 0.15) is 10.6 Å². The zero-order valence-corrected chi connectivity index (χ0v) is 14.2. The molecule has 0 unspecified atom stereocenters. The Morgan fingerprint density at radius 2 is 1.96 bits per heavy atom. The normalized spacial score (nSPS) is 11.0. The van der Waals surface area contributed by atoms with E-state index in [1.165, 1.54) is 12.1 Å². The van der Waals surface area contributed by atoms with Crippen LogP contribution in [0.4, 0.5) is 10.1 Å². The molecular weight excluding hydrogens is 391 g/mol. The number of fused-ring (bicyclic) bond motifs is 1. The van der Waals surface area contributed by atoms with Gasteiger partial charge in [0.2, 0.25) is 5.89 Å². The first-order valence-corrected chi connectivity index (χ1v) is 8.11. The van der Waals surface area contributed by atoms with Crippen molar-refractivity contribution in [2.75, 3.05) is 5.32 Å². The van der Waals surface area contributed by atoms with E-state index < -0.39 is 0 Å². The largest absolute Gasteiger partial charge is 0.444 e. The predicted octanol–water partition coefficient (Wildman–Crippen LogP) is 5.24. The number of rotatable bonds is 3. The van der Waals surface area contributed by atoms with Crippen molar-refractivity contribution < 1.29 is 18.0 Å². The third kappa shape index (κ3) is 3.18.